The number of rotatable bonds is 3. The van der Waals surface area contributed by atoms with Crippen LogP contribution in [0.25, 0.3) is 0 Å². The molecule has 0 radical (unpaired) electrons. The Hall–Kier alpha value is -1.25. The smallest absolute Gasteiger partial charge is 0.257 e. The second-order valence-electron chi connectivity index (χ2n) is 2.63. The van der Waals surface area contributed by atoms with Crippen molar-refractivity contribution < 1.29 is 9.84 Å². The van der Waals surface area contributed by atoms with Crippen LogP contribution in [-0.4, -0.2) is 16.7 Å². The van der Waals surface area contributed by atoms with Crippen molar-refractivity contribution >= 4 is 0 Å². The van der Waals surface area contributed by atoms with Crippen LogP contribution in [0.15, 0.2) is 12.1 Å². The zero-order chi connectivity index (χ0) is 8.97. The number of hydrogen-bond donors (Lipinski definition) is 1. The van der Waals surface area contributed by atoms with Crippen molar-refractivity contribution in [2.75, 3.05) is 6.61 Å². The van der Waals surface area contributed by atoms with E-state index in [9.17, 15) is 5.11 Å². The Morgan fingerprint density at radius 1 is 1.50 bits per heavy atom. The number of pyridine rings is 1. The Morgan fingerprint density at radius 3 is 2.92 bits per heavy atom. The standard InChI is InChI=1S/C9H13NO2/c1-3-6-12-9-8(11)5-4-7(2)10-9/h4-5,11H,3,6H2,1-2H3. The zero-order valence-corrected chi connectivity index (χ0v) is 7.37. The molecule has 0 saturated heterocycles. The fraction of sp³-hybridized carbons (Fsp3) is 0.444. The van der Waals surface area contributed by atoms with E-state index in [1.54, 1.807) is 12.1 Å². The Morgan fingerprint density at radius 2 is 2.25 bits per heavy atom. The normalized spacial score (nSPS) is 9.83. The van der Waals surface area contributed by atoms with Crippen molar-refractivity contribution in [3.8, 4) is 11.6 Å². The van der Waals surface area contributed by atoms with Gasteiger partial charge < -0.3 is 9.84 Å². The van der Waals surface area contributed by atoms with E-state index in [0.29, 0.717) is 12.5 Å². The third kappa shape index (κ3) is 2.12. The van der Waals surface area contributed by atoms with Gasteiger partial charge in [-0.25, -0.2) is 4.98 Å². The maximum atomic E-state index is 9.27. The van der Waals surface area contributed by atoms with Gasteiger partial charge in [0.15, 0.2) is 5.75 Å². The van der Waals surface area contributed by atoms with Crippen molar-refractivity contribution in [1.29, 1.82) is 0 Å². The summed E-state index contributed by atoms with van der Waals surface area (Å²) in [6.45, 7) is 4.45. The van der Waals surface area contributed by atoms with Crippen molar-refractivity contribution in [1.82, 2.24) is 4.98 Å². The highest BCUT2D eigenvalue weighted by atomic mass is 16.5. The minimum Gasteiger partial charge on any atom is -0.503 e. The third-order valence-corrected chi connectivity index (χ3v) is 1.42. The Labute approximate surface area is 72.0 Å². The largest absolute Gasteiger partial charge is 0.503 e. The summed E-state index contributed by atoms with van der Waals surface area (Å²) in [5.74, 6) is 0.436. The van der Waals surface area contributed by atoms with Crippen LogP contribution >= 0.6 is 0 Å². The average molecular weight is 167 g/mol. The van der Waals surface area contributed by atoms with E-state index in [1.165, 1.54) is 0 Å². The highest BCUT2D eigenvalue weighted by Crippen LogP contribution is 2.22. The molecule has 3 nitrogen and oxygen atoms in total. The van der Waals surface area contributed by atoms with Crippen LogP contribution in [0.2, 0.25) is 0 Å². The van der Waals surface area contributed by atoms with Crippen LogP contribution in [0, 0.1) is 6.92 Å². The number of hydrogen-bond acceptors (Lipinski definition) is 3. The molecule has 3 heteroatoms. The second kappa shape index (κ2) is 3.95. The molecule has 1 rings (SSSR count). The summed E-state index contributed by atoms with van der Waals surface area (Å²) in [7, 11) is 0. The lowest BCUT2D eigenvalue weighted by Gasteiger charge is -2.05. The van der Waals surface area contributed by atoms with E-state index in [-0.39, 0.29) is 5.75 Å². The molecular weight excluding hydrogens is 154 g/mol. The number of aromatic nitrogens is 1. The molecule has 0 spiro atoms. The third-order valence-electron chi connectivity index (χ3n) is 1.42. The van der Waals surface area contributed by atoms with Gasteiger partial charge in [0, 0.05) is 5.69 Å². The molecule has 0 aromatic carbocycles. The zero-order valence-electron chi connectivity index (χ0n) is 7.37. The Bertz CT molecular complexity index is 261. The van der Waals surface area contributed by atoms with Crippen molar-refractivity contribution in [3.63, 3.8) is 0 Å². The van der Waals surface area contributed by atoms with Crippen molar-refractivity contribution in [3.05, 3.63) is 17.8 Å². The maximum absolute atomic E-state index is 9.27. The molecule has 1 N–H and O–H groups in total. The average Bonchev–Trinajstić information content (AvgIpc) is 2.07. The summed E-state index contributed by atoms with van der Waals surface area (Å²) in [4.78, 5) is 4.04. The first kappa shape index (κ1) is 8.84. The molecule has 1 aromatic rings. The fourth-order valence-corrected chi connectivity index (χ4v) is 0.830. The van der Waals surface area contributed by atoms with Crippen LogP contribution in [0.4, 0.5) is 0 Å². The summed E-state index contributed by atoms with van der Waals surface area (Å²) < 4.78 is 5.21. The van der Waals surface area contributed by atoms with E-state index >= 15 is 0 Å². The summed E-state index contributed by atoms with van der Waals surface area (Å²) in [6, 6.07) is 3.33. The monoisotopic (exact) mass is 167 g/mol. The highest BCUT2D eigenvalue weighted by Gasteiger charge is 2.02. The molecule has 0 aliphatic rings. The number of nitrogens with zero attached hydrogens (tertiary/aromatic N) is 1. The molecule has 0 amide bonds. The lowest BCUT2D eigenvalue weighted by Crippen LogP contribution is -1.98. The van der Waals surface area contributed by atoms with Gasteiger partial charge in [-0.3, -0.25) is 0 Å². The molecule has 0 atom stereocenters. The van der Waals surface area contributed by atoms with Crippen LogP contribution in [0.5, 0.6) is 11.6 Å². The molecule has 66 valence electrons. The first-order valence-corrected chi connectivity index (χ1v) is 4.03. The van der Waals surface area contributed by atoms with Gasteiger partial charge in [0.25, 0.3) is 5.88 Å². The topological polar surface area (TPSA) is 42.4 Å². The number of aromatic hydroxyl groups is 1. The molecule has 0 aliphatic heterocycles. The van der Waals surface area contributed by atoms with Crippen LogP contribution < -0.4 is 4.74 Å². The molecular formula is C9H13NO2. The van der Waals surface area contributed by atoms with E-state index in [0.717, 1.165) is 12.1 Å². The van der Waals surface area contributed by atoms with Crippen molar-refractivity contribution in [2.24, 2.45) is 0 Å². The van der Waals surface area contributed by atoms with Gasteiger partial charge in [0.1, 0.15) is 0 Å². The number of aryl methyl sites for hydroxylation is 1. The summed E-state index contributed by atoms with van der Waals surface area (Å²) in [6.07, 6.45) is 0.912. The fourth-order valence-electron chi connectivity index (χ4n) is 0.830. The summed E-state index contributed by atoms with van der Waals surface area (Å²) in [5.41, 5.74) is 0.846. The van der Waals surface area contributed by atoms with Gasteiger partial charge in [-0.15, -0.1) is 0 Å². The SMILES string of the molecule is CCCOc1nc(C)ccc1O. The van der Waals surface area contributed by atoms with Gasteiger partial charge in [-0.2, -0.15) is 0 Å². The van der Waals surface area contributed by atoms with E-state index in [2.05, 4.69) is 4.98 Å². The summed E-state index contributed by atoms with van der Waals surface area (Å²) >= 11 is 0. The molecule has 1 heterocycles. The van der Waals surface area contributed by atoms with Crippen LogP contribution in [0.1, 0.15) is 19.0 Å². The minimum atomic E-state index is 0.106. The molecule has 1 aromatic heterocycles. The first-order valence-electron chi connectivity index (χ1n) is 4.03. The van der Waals surface area contributed by atoms with E-state index in [1.807, 2.05) is 13.8 Å². The van der Waals surface area contributed by atoms with Crippen LogP contribution in [-0.2, 0) is 0 Å². The first-order chi connectivity index (χ1) is 5.74. The second-order valence-corrected chi connectivity index (χ2v) is 2.63. The molecule has 0 fully saturated rings. The summed E-state index contributed by atoms with van der Waals surface area (Å²) in [5, 5.41) is 9.27. The maximum Gasteiger partial charge on any atom is 0.257 e. The Balaban J connectivity index is 2.75. The molecule has 12 heavy (non-hydrogen) atoms. The lowest BCUT2D eigenvalue weighted by molar-refractivity contribution is 0.286. The quantitative estimate of drug-likeness (QED) is 0.747. The van der Waals surface area contributed by atoms with Gasteiger partial charge in [0.05, 0.1) is 6.61 Å². The predicted octanol–water partition coefficient (Wildman–Crippen LogP) is 1.88. The molecule has 0 bridgehead atoms. The minimum absolute atomic E-state index is 0.106. The molecule has 0 aliphatic carbocycles. The molecule has 0 saturated carbocycles. The lowest BCUT2D eigenvalue weighted by atomic mass is 10.3. The van der Waals surface area contributed by atoms with Gasteiger partial charge in [-0.1, -0.05) is 6.92 Å². The number of ether oxygens (including phenoxy) is 1. The Kier molecular flexibility index (Phi) is 2.91. The predicted molar refractivity (Wildman–Crippen MR) is 46.4 cm³/mol. The van der Waals surface area contributed by atoms with E-state index < -0.39 is 0 Å². The van der Waals surface area contributed by atoms with Crippen LogP contribution in [0.3, 0.4) is 0 Å². The van der Waals surface area contributed by atoms with Gasteiger partial charge >= 0.3 is 0 Å². The van der Waals surface area contributed by atoms with Gasteiger partial charge in [-0.05, 0) is 25.5 Å². The van der Waals surface area contributed by atoms with E-state index in [4.69, 9.17) is 4.74 Å². The molecule has 0 unspecified atom stereocenters. The highest BCUT2D eigenvalue weighted by molar-refractivity contribution is 5.32. The van der Waals surface area contributed by atoms with Crippen molar-refractivity contribution in [2.45, 2.75) is 20.3 Å². The van der Waals surface area contributed by atoms with Gasteiger partial charge in [0.2, 0.25) is 0 Å².